The number of hydrogen-bond donors (Lipinski definition) is 2. The van der Waals surface area contributed by atoms with Crippen LogP contribution in [0.1, 0.15) is 30.4 Å². The summed E-state index contributed by atoms with van der Waals surface area (Å²) in [5, 5.41) is 14.9. The molecule has 2 N–H and O–H groups in total. The lowest BCUT2D eigenvalue weighted by Gasteiger charge is -2.12. The van der Waals surface area contributed by atoms with Crippen LogP contribution in [-0.4, -0.2) is 28.1 Å². The van der Waals surface area contributed by atoms with E-state index in [0.717, 1.165) is 17.0 Å². The van der Waals surface area contributed by atoms with E-state index in [1.807, 2.05) is 61.5 Å². The van der Waals surface area contributed by atoms with Gasteiger partial charge < -0.3 is 5.32 Å². The Morgan fingerprint density at radius 3 is 2.52 bits per heavy atom. The minimum Gasteiger partial charge on any atom is -0.344 e. The lowest BCUT2D eigenvalue weighted by atomic mass is 10.1. The molecule has 2 amide bonds. The Morgan fingerprint density at radius 2 is 1.79 bits per heavy atom. The smallest absolute Gasteiger partial charge is 0.248 e. The van der Waals surface area contributed by atoms with Crippen molar-refractivity contribution in [3.63, 3.8) is 0 Å². The Bertz CT molecular complexity index is 1020. The highest BCUT2D eigenvalue weighted by molar-refractivity contribution is 7.18. The van der Waals surface area contributed by atoms with Crippen molar-refractivity contribution in [2.75, 3.05) is 5.32 Å². The number of hydrogen-bond acceptors (Lipinski definition) is 5. The van der Waals surface area contributed by atoms with Gasteiger partial charge in [0.2, 0.25) is 16.9 Å². The average molecular weight is 407 g/mol. The molecule has 0 unspecified atom stereocenters. The third kappa shape index (κ3) is 4.51. The van der Waals surface area contributed by atoms with Gasteiger partial charge in [0.15, 0.2) is 0 Å². The first kappa shape index (κ1) is 19.3. The average Bonchev–Trinajstić information content (AvgIpc) is 3.41. The normalized spacial score (nSPS) is 18.7. The first-order valence-corrected chi connectivity index (χ1v) is 10.4. The van der Waals surface area contributed by atoms with E-state index >= 15 is 0 Å². The lowest BCUT2D eigenvalue weighted by molar-refractivity contribution is -0.127. The number of aryl methyl sites for hydroxylation is 1. The van der Waals surface area contributed by atoms with Crippen LogP contribution < -0.4 is 10.6 Å². The van der Waals surface area contributed by atoms with Crippen LogP contribution in [0.25, 0.3) is 10.6 Å². The van der Waals surface area contributed by atoms with E-state index < -0.39 is 6.04 Å². The highest BCUT2D eigenvalue weighted by atomic mass is 32.1. The molecule has 0 aliphatic heterocycles. The predicted molar refractivity (Wildman–Crippen MR) is 114 cm³/mol. The first-order valence-electron chi connectivity index (χ1n) is 9.58. The first-order chi connectivity index (χ1) is 14.0. The number of aromatic nitrogens is 2. The van der Waals surface area contributed by atoms with E-state index in [0.29, 0.717) is 5.13 Å². The number of rotatable bonds is 6. The molecule has 1 aliphatic rings. The maximum absolute atomic E-state index is 12.5. The second kappa shape index (κ2) is 8.13. The summed E-state index contributed by atoms with van der Waals surface area (Å²) < 4.78 is 0. The fourth-order valence-corrected chi connectivity index (χ4v) is 3.99. The van der Waals surface area contributed by atoms with Crippen LogP contribution >= 0.6 is 11.3 Å². The third-order valence-electron chi connectivity index (χ3n) is 5.06. The highest BCUT2D eigenvalue weighted by Crippen LogP contribution is 2.47. The minimum atomic E-state index is -0.647. The zero-order valence-corrected chi connectivity index (χ0v) is 17.1. The van der Waals surface area contributed by atoms with Gasteiger partial charge in [-0.3, -0.25) is 14.9 Å². The summed E-state index contributed by atoms with van der Waals surface area (Å²) in [5.74, 6) is -0.213. The Balaban J connectivity index is 1.31. The van der Waals surface area contributed by atoms with E-state index in [-0.39, 0.29) is 23.7 Å². The molecule has 6 nitrogen and oxygen atoms in total. The Hall–Kier alpha value is -3.06. The fourth-order valence-electron chi connectivity index (χ4n) is 3.24. The summed E-state index contributed by atoms with van der Waals surface area (Å²) >= 11 is 1.31. The SMILES string of the molecule is Cc1ccc(-c2nnc(NC(=O)[C@@H](C)NC(=O)[C@@H]3C[C@H]3c3ccccc3)s2)cc1. The van der Waals surface area contributed by atoms with Crippen LogP contribution in [0.15, 0.2) is 54.6 Å². The largest absolute Gasteiger partial charge is 0.344 e. The molecular weight excluding hydrogens is 384 g/mol. The molecule has 0 saturated heterocycles. The van der Waals surface area contributed by atoms with Gasteiger partial charge in [-0.25, -0.2) is 0 Å². The molecule has 1 heterocycles. The van der Waals surface area contributed by atoms with E-state index in [2.05, 4.69) is 20.8 Å². The molecule has 7 heteroatoms. The number of anilines is 1. The zero-order valence-electron chi connectivity index (χ0n) is 16.3. The fraction of sp³-hybridized carbons (Fsp3) is 0.273. The number of nitrogens with one attached hydrogen (secondary N) is 2. The van der Waals surface area contributed by atoms with Gasteiger partial charge in [0.1, 0.15) is 11.0 Å². The summed E-state index contributed by atoms with van der Waals surface area (Å²) in [6, 6.07) is 17.3. The molecule has 0 radical (unpaired) electrons. The van der Waals surface area contributed by atoms with Gasteiger partial charge in [0, 0.05) is 11.5 Å². The van der Waals surface area contributed by atoms with Crippen LogP contribution in [-0.2, 0) is 9.59 Å². The van der Waals surface area contributed by atoms with Crippen LogP contribution in [0, 0.1) is 12.8 Å². The van der Waals surface area contributed by atoms with Crippen molar-refractivity contribution in [2.45, 2.75) is 32.2 Å². The molecule has 29 heavy (non-hydrogen) atoms. The van der Waals surface area contributed by atoms with Crippen LogP contribution in [0.3, 0.4) is 0 Å². The van der Waals surface area contributed by atoms with E-state index in [9.17, 15) is 9.59 Å². The number of benzene rings is 2. The lowest BCUT2D eigenvalue weighted by Crippen LogP contribution is -2.42. The molecule has 148 valence electrons. The number of amides is 2. The van der Waals surface area contributed by atoms with Crippen LogP contribution in [0.4, 0.5) is 5.13 Å². The topological polar surface area (TPSA) is 84.0 Å². The van der Waals surface area contributed by atoms with Crippen molar-refractivity contribution in [1.82, 2.24) is 15.5 Å². The standard InChI is InChI=1S/C22H22N4O2S/c1-13-8-10-16(11-9-13)21-25-26-22(29-21)24-19(27)14(2)23-20(28)18-12-17(18)15-6-4-3-5-7-15/h3-11,14,17-18H,12H2,1-2H3,(H,23,28)(H,24,26,27)/t14-,17+,18-/m1/s1. The molecule has 1 aromatic heterocycles. The van der Waals surface area contributed by atoms with Crippen molar-refractivity contribution < 1.29 is 9.59 Å². The van der Waals surface area contributed by atoms with Gasteiger partial charge in [0.25, 0.3) is 0 Å². The van der Waals surface area contributed by atoms with Crippen molar-refractivity contribution >= 4 is 28.3 Å². The summed E-state index contributed by atoms with van der Waals surface area (Å²) in [7, 11) is 0. The molecule has 0 bridgehead atoms. The minimum absolute atomic E-state index is 0.0673. The molecule has 4 rings (SSSR count). The van der Waals surface area contributed by atoms with Crippen molar-refractivity contribution in [1.29, 1.82) is 0 Å². The molecule has 3 atom stereocenters. The highest BCUT2D eigenvalue weighted by Gasteiger charge is 2.44. The quantitative estimate of drug-likeness (QED) is 0.653. The van der Waals surface area contributed by atoms with Crippen LogP contribution in [0.2, 0.25) is 0 Å². The molecule has 3 aromatic rings. The molecule has 2 aromatic carbocycles. The van der Waals surface area contributed by atoms with Gasteiger partial charge in [-0.05, 0) is 31.7 Å². The van der Waals surface area contributed by atoms with Gasteiger partial charge in [-0.15, -0.1) is 10.2 Å². The third-order valence-corrected chi connectivity index (χ3v) is 5.95. The number of carbonyl (C=O) groups excluding carboxylic acids is 2. The van der Waals surface area contributed by atoms with Gasteiger partial charge in [-0.2, -0.15) is 0 Å². The molecular formula is C22H22N4O2S. The van der Waals surface area contributed by atoms with E-state index in [1.165, 1.54) is 22.5 Å². The van der Waals surface area contributed by atoms with Gasteiger partial charge >= 0.3 is 0 Å². The molecule has 1 aliphatic carbocycles. The van der Waals surface area contributed by atoms with E-state index in [4.69, 9.17) is 0 Å². The van der Waals surface area contributed by atoms with E-state index in [1.54, 1.807) is 6.92 Å². The predicted octanol–water partition coefficient (Wildman–Crippen LogP) is 3.76. The molecule has 0 spiro atoms. The monoisotopic (exact) mass is 406 g/mol. The van der Waals surface area contributed by atoms with Crippen LogP contribution in [0.5, 0.6) is 0 Å². The van der Waals surface area contributed by atoms with Crippen molar-refractivity contribution in [2.24, 2.45) is 5.92 Å². The maximum atomic E-state index is 12.5. The Labute approximate surface area is 173 Å². The molecule has 1 fully saturated rings. The summed E-state index contributed by atoms with van der Waals surface area (Å²) in [6.45, 7) is 3.70. The van der Waals surface area contributed by atoms with Crippen molar-refractivity contribution in [3.8, 4) is 10.6 Å². The summed E-state index contributed by atoms with van der Waals surface area (Å²) in [5.41, 5.74) is 3.29. The van der Waals surface area contributed by atoms with Crippen molar-refractivity contribution in [3.05, 3.63) is 65.7 Å². The maximum Gasteiger partial charge on any atom is 0.248 e. The molecule has 1 saturated carbocycles. The number of carbonyl (C=O) groups is 2. The van der Waals surface area contributed by atoms with Gasteiger partial charge in [0.05, 0.1) is 0 Å². The van der Waals surface area contributed by atoms with Gasteiger partial charge in [-0.1, -0.05) is 71.5 Å². The Morgan fingerprint density at radius 1 is 1.07 bits per heavy atom. The number of nitrogens with zero attached hydrogens (tertiary/aromatic N) is 2. The zero-order chi connectivity index (χ0) is 20.4. The second-order valence-electron chi connectivity index (χ2n) is 7.36. The summed E-state index contributed by atoms with van der Waals surface area (Å²) in [6.07, 6.45) is 0.820. The summed E-state index contributed by atoms with van der Waals surface area (Å²) in [4.78, 5) is 24.9. The second-order valence-corrected chi connectivity index (χ2v) is 8.33. The Kier molecular flexibility index (Phi) is 5.40.